The molecule has 0 rings (SSSR count). The first-order valence-electron chi connectivity index (χ1n) is 8.32. The van der Waals surface area contributed by atoms with Gasteiger partial charge in [0.05, 0.1) is 7.11 Å². The van der Waals surface area contributed by atoms with Crippen molar-refractivity contribution in [1.29, 1.82) is 0 Å². The molecule has 136 valence electrons. The van der Waals surface area contributed by atoms with Crippen LogP contribution in [0.4, 0.5) is 0 Å². The zero-order valence-electron chi connectivity index (χ0n) is 15.0. The first kappa shape index (κ1) is 24.5. The summed E-state index contributed by atoms with van der Waals surface area (Å²) in [5.41, 5.74) is 0. The summed E-state index contributed by atoms with van der Waals surface area (Å²) in [6, 6.07) is 0. The van der Waals surface area contributed by atoms with E-state index in [0.29, 0.717) is 6.42 Å². The number of aliphatic imine (C=N–C) groups is 1. The minimum atomic E-state index is -0.117. The predicted molar refractivity (Wildman–Crippen MR) is 109 cm³/mol. The lowest BCUT2D eigenvalue weighted by Gasteiger charge is -2.21. The van der Waals surface area contributed by atoms with E-state index in [2.05, 4.69) is 40.5 Å². The van der Waals surface area contributed by atoms with E-state index in [9.17, 15) is 4.79 Å². The summed E-state index contributed by atoms with van der Waals surface area (Å²) >= 11 is 0. The maximum absolute atomic E-state index is 11.0. The molecule has 0 aromatic heterocycles. The average Bonchev–Trinajstić information content (AvgIpc) is 2.52. The number of esters is 1. The predicted octanol–water partition coefficient (Wildman–Crippen LogP) is 3.59. The summed E-state index contributed by atoms with van der Waals surface area (Å²) < 4.78 is 4.62. The maximum atomic E-state index is 11.0. The zero-order valence-corrected chi connectivity index (χ0v) is 17.3. The highest BCUT2D eigenvalue weighted by Crippen LogP contribution is 2.04. The van der Waals surface area contributed by atoms with Crippen LogP contribution in [0.5, 0.6) is 0 Å². The summed E-state index contributed by atoms with van der Waals surface area (Å²) in [5, 5.41) is 3.32. The number of ether oxygens (including phenoxy) is 1. The summed E-state index contributed by atoms with van der Waals surface area (Å²) in [5.74, 6) is 0.856. The van der Waals surface area contributed by atoms with Crippen molar-refractivity contribution in [2.75, 3.05) is 33.8 Å². The minimum absolute atomic E-state index is 0. The summed E-state index contributed by atoms with van der Waals surface area (Å²) in [6.07, 6.45) is 8.70. The number of hydrogen-bond donors (Lipinski definition) is 1. The van der Waals surface area contributed by atoms with Gasteiger partial charge in [0, 0.05) is 33.1 Å². The summed E-state index contributed by atoms with van der Waals surface area (Å²) in [4.78, 5) is 17.8. The van der Waals surface area contributed by atoms with Crippen LogP contribution in [0.3, 0.4) is 0 Å². The van der Waals surface area contributed by atoms with Crippen LogP contribution in [0.15, 0.2) is 17.6 Å². The molecule has 0 aromatic carbocycles. The molecule has 0 heterocycles. The third kappa shape index (κ3) is 14.5. The minimum Gasteiger partial charge on any atom is -0.469 e. The Morgan fingerprint density at radius 3 is 2.57 bits per heavy atom. The van der Waals surface area contributed by atoms with Gasteiger partial charge in [-0.25, -0.2) is 0 Å². The number of nitrogens with one attached hydrogen (secondary N) is 1. The fourth-order valence-corrected chi connectivity index (χ4v) is 2.07. The third-order valence-corrected chi connectivity index (χ3v) is 3.38. The van der Waals surface area contributed by atoms with E-state index < -0.39 is 0 Å². The molecular weight excluding hydrogens is 405 g/mol. The standard InChI is InChI=1S/C17H33N3O2.HI/c1-5-7-12-15-20(3)17(18-6-2)19-14-11-9-8-10-13-16(21)22-4;/h5H,1,6-15H2,2-4H3,(H,18,19);1H. The molecule has 0 aliphatic rings. The van der Waals surface area contributed by atoms with Gasteiger partial charge in [-0.15, -0.1) is 30.6 Å². The second kappa shape index (κ2) is 17.6. The molecule has 0 fully saturated rings. The highest BCUT2D eigenvalue weighted by Gasteiger charge is 2.04. The Bertz CT molecular complexity index is 336. The number of rotatable bonds is 12. The van der Waals surface area contributed by atoms with E-state index in [0.717, 1.165) is 64.1 Å². The summed E-state index contributed by atoms with van der Waals surface area (Å²) in [6.45, 7) is 8.52. The van der Waals surface area contributed by atoms with Gasteiger partial charge in [-0.05, 0) is 32.6 Å². The highest BCUT2D eigenvalue weighted by molar-refractivity contribution is 14.0. The van der Waals surface area contributed by atoms with Crippen molar-refractivity contribution < 1.29 is 9.53 Å². The monoisotopic (exact) mass is 439 g/mol. The van der Waals surface area contributed by atoms with Crippen LogP contribution in [0, 0.1) is 0 Å². The van der Waals surface area contributed by atoms with E-state index >= 15 is 0 Å². The Labute approximate surface area is 159 Å². The van der Waals surface area contributed by atoms with E-state index in [1.165, 1.54) is 7.11 Å². The lowest BCUT2D eigenvalue weighted by molar-refractivity contribution is -0.140. The topological polar surface area (TPSA) is 53.9 Å². The van der Waals surface area contributed by atoms with E-state index in [4.69, 9.17) is 0 Å². The molecular formula is C17H34IN3O2. The number of methoxy groups -OCH3 is 1. The molecule has 0 saturated carbocycles. The Kier molecular flexibility index (Phi) is 18.7. The van der Waals surface area contributed by atoms with Crippen LogP contribution < -0.4 is 5.32 Å². The lowest BCUT2D eigenvalue weighted by Crippen LogP contribution is -2.39. The van der Waals surface area contributed by atoms with Crippen LogP contribution in [-0.2, 0) is 9.53 Å². The van der Waals surface area contributed by atoms with Crippen molar-refractivity contribution in [3.63, 3.8) is 0 Å². The van der Waals surface area contributed by atoms with Gasteiger partial charge in [0.2, 0.25) is 0 Å². The number of carbonyl (C=O) groups is 1. The third-order valence-electron chi connectivity index (χ3n) is 3.38. The first-order chi connectivity index (χ1) is 10.7. The van der Waals surface area contributed by atoms with Crippen molar-refractivity contribution >= 4 is 35.9 Å². The fourth-order valence-electron chi connectivity index (χ4n) is 2.07. The van der Waals surface area contributed by atoms with Crippen LogP contribution >= 0.6 is 24.0 Å². The molecule has 1 N–H and O–H groups in total. The van der Waals surface area contributed by atoms with Crippen molar-refractivity contribution in [3.8, 4) is 0 Å². The molecule has 0 radical (unpaired) electrons. The van der Waals surface area contributed by atoms with E-state index in [1.54, 1.807) is 0 Å². The van der Waals surface area contributed by atoms with Crippen LogP contribution in [-0.4, -0.2) is 50.6 Å². The number of carbonyl (C=O) groups excluding carboxylic acids is 1. The van der Waals surface area contributed by atoms with Gasteiger partial charge < -0.3 is 15.0 Å². The molecule has 0 spiro atoms. The van der Waals surface area contributed by atoms with Crippen LogP contribution in [0.2, 0.25) is 0 Å². The van der Waals surface area contributed by atoms with Crippen molar-refractivity contribution in [1.82, 2.24) is 10.2 Å². The lowest BCUT2D eigenvalue weighted by atomic mass is 10.1. The second-order valence-electron chi connectivity index (χ2n) is 5.33. The molecule has 0 aliphatic carbocycles. The number of allylic oxidation sites excluding steroid dienone is 1. The van der Waals surface area contributed by atoms with Gasteiger partial charge >= 0.3 is 5.97 Å². The molecule has 0 amide bonds. The van der Waals surface area contributed by atoms with E-state index in [1.807, 2.05) is 6.08 Å². The number of hydrogen-bond acceptors (Lipinski definition) is 3. The molecule has 0 atom stereocenters. The Balaban J connectivity index is 0. The SMILES string of the molecule is C=CCCCN(C)C(=NCCCCCCC(=O)OC)NCC.I. The Morgan fingerprint density at radius 2 is 1.96 bits per heavy atom. The van der Waals surface area contributed by atoms with Crippen LogP contribution in [0.25, 0.3) is 0 Å². The van der Waals surface area contributed by atoms with Crippen molar-refractivity contribution in [2.45, 2.75) is 51.9 Å². The van der Waals surface area contributed by atoms with Gasteiger partial charge in [-0.2, -0.15) is 0 Å². The number of halogens is 1. The Hall–Kier alpha value is -0.790. The fraction of sp³-hybridized carbons (Fsp3) is 0.765. The first-order valence-corrected chi connectivity index (χ1v) is 8.32. The number of unbranched alkanes of at least 4 members (excludes halogenated alkanes) is 4. The molecule has 23 heavy (non-hydrogen) atoms. The van der Waals surface area contributed by atoms with Gasteiger partial charge in [-0.1, -0.05) is 18.9 Å². The van der Waals surface area contributed by atoms with Gasteiger partial charge in [0.15, 0.2) is 5.96 Å². The normalized spacial score (nSPS) is 10.7. The largest absolute Gasteiger partial charge is 0.469 e. The molecule has 0 saturated heterocycles. The maximum Gasteiger partial charge on any atom is 0.305 e. The van der Waals surface area contributed by atoms with Crippen molar-refractivity contribution in [2.24, 2.45) is 4.99 Å². The molecule has 0 unspecified atom stereocenters. The number of guanidine groups is 1. The molecule has 0 aliphatic heterocycles. The number of nitrogens with zero attached hydrogens (tertiary/aromatic N) is 2. The molecule has 6 heteroatoms. The van der Waals surface area contributed by atoms with Gasteiger partial charge in [0.25, 0.3) is 0 Å². The quantitative estimate of drug-likeness (QED) is 0.126. The van der Waals surface area contributed by atoms with Crippen molar-refractivity contribution in [3.05, 3.63) is 12.7 Å². The summed E-state index contributed by atoms with van der Waals surface area (Å²) in [7, 11) is 3.51. The molecule has 5 nitrogen and oxygen atoms in total. The van der Waals surface area contributed by atoms with Gasteiger partial charge in [0.1, 0.15) is 0 Å². The van der Waals surface area contributed by atoms with E-state index in [-0.39, 0.29) is 29.9 Å². The van der Waals surface area contributed by atoms with Gasteiger partial charge in [-0.3, -0.25) is 9.79 Å². The Morgan fingerprint density at radius 1 is 1.26 bits per heavy atom. The van der Waals surface area contributed by atoms with Crippen LogP contribution in [0.1, 0.15) is 51.9 Å². The second-order valence-corrected chi connectivity index (χ2v) is 5.33. The zero-order chi connectivity index (χ0) is 16.6. The average molecular weight is 439 g/mol. The smallest absolute Gasteiger partial charge is 0.305 e. The molecule has 0 aromatic rings. The molecule has 0 bridgehead atoms. The highest BCUT2D eigenvalue weighted by atomic mass is 127.